The van der Waals surface area contributed by atoms with Crippen molar-refractivity contribution in [3.63, 3.8) is 0 Å². The Balaban J connectivity index is -0.00000000346. The summed E-state index contributed by atoms with van der Waals surface area (Å²) in [5, 5.41) is 0. The molecular weight excluding hydrogens is 491 g/mol. The van der Waals surface area contributed by atoms with Gasteiger partial charge in [-0.15, -0.1) is 0 Å². The number of hydrogen-bond donors (Lipinski definition) is 0. The van der Waals surface area contributed by atoms with Gasteiger partial charge in [0.15, 0.2) is 0 Å². The fourth-order valence-electron chi connectivity index (χ4n) is 0. The van der Waals surface area contributed by atoms with Crippen LogP contribution in [0.15, 0.2) is 0 Å². The Morgan fingerprint density at radius 3 is 0.833 bits per heavy atom. The van der Waals surface area contributed by atoms with Crippen LogP contribution >= 0.6 is 0 Å². The SMILES string of the molecule is [Ba+2].[Eu+3].[H-].[H-].[H-].[H-].[Mg+2].[O]=[Al][O-].[O]=[Al][O-].[O]=[Al][O-]. The third kappa shape index (κ3) is 136. The van der Waals surface area contributed by atoms with Gasteiger partial charge in [-0.05, 0) is 0 Å². The van der Waals surface area contributed by atoms with Crippen molar-refractivity contribution in [2.24, 2.45) is 0 Å². The van der Waals surface area contributed by atoms with Gasteiger partial charge in [0, 0.05) is 0 Å². The van der Waals surface area contributed by atoms with Crippen molar-refractivity contribution >= 4 is 118 Å². The van der Waals surface area contributed by atoms with E-state index in [1.54, 1.807) is 0 Å². The van der Waals surface area contributed by atoms with Gasteiger partial charge in [0.25, 0.3) is 0 Å². The van der Waals surface area contributed by atoms with E-state index >= 15 is 0 Å². The van der Waals surface area contributed by atoms with Crippen LogP contribution in [0, 0.1) is 49.4 Å². The Hall–Kier alpha value is 4.32. The second kappa shape index (κ2) is 58.6. The molecule has 0 fully saturated rings. The molecule has 0 aromatic carbocycles. The molecule has 0 rings (SSSR count). The van der Waals surface area contributed by atoms with E-state index in [4.69, 9.17) is 23.9 Å². The second-order valence-corrected chi connectivity index (χ2v) is 0.866. The summed E-state index contributed by atoms with van der Waals surface area (Å²) in [6, 6.07) is 0. The zero-order valence-corrected chi connectivity index (χ0v) is 17.7. The van der Waals surface area contributed by atoms with Gasteiger partial charge >= 0.3 is 192 Å². The van der Waals surface area contributed by atoms with Crippen LogP contribution in [0.2, 0.25) is 0 Å². The molecule has 0 amide bonds. The first-order valence-corrected chi connectivity index (χ1v) is 4.24. The molecule has 0 bridgehead atoms. The fourth-order valence-corrected chi connectivity index (χ4v) is 0. The van der Waals surface area contributed by atoms with E-state index in [9.17, 15) is 0 Å². The minimum absolute atomic E-state index is 0. The summed E-state index contributed by atoms with van der Waals surface area (Å²) in [5.41, 5.74) is 0. The zero-order chi connectivity index (χ0) is 8.12. The molecule has 0 unspecified atom stereocenters. The maximum atomic E-state index is 8.46. The zero-order valence-electron chi connectivity index (χ0n) is 9.97. The first kappa shape index (κ1) is 36.0. The summed E-state index contributed by atoms with van der Waals surface area (Å²) < 4.78 is 50.8. The predicted octanol–water partition coefficient (Wildman–Crippen LogP) is -5.38. The molecule has 0 N–H and O–H groups in total. The van der Waals surface area contributed by atoms with Crippen LogP contribution < -0.4 is 12.5 Å². The second-order valence-electron chi connectivity index (χ2n) is 0.289. The molecule has 12 heteroatoms. The Morgan fingerprint density at radius 1 is 0.833 bits per heavy atom. The summed E-state index contributed by atoms with van der Waals surface area (Å²) in [7, 11) is 0. The summed E-state index contributed by atoms with van der Waals surface area (Å²) in [5.74, 6) is 0. The number of rotatable bonds is 0. The van der Waals surface area contributed by atoms with Gasteiger partial charge in [0.05, 0.1) is 0 Å². The molecule has 0 radical (unpaired) electrons. The van der Waals surface area contributed by atoms with E-state index in [0.717, 1.165) is 0 Å². The van der Waals surface area contributed by atoms with Crippen LogP contribution in [-0.2, 0) is 11.4 Å². The maximum absolute atomic E-state index is 8.46. The standard InChI is InChI=1S/3Al.Ba.Eu.Mg.6O.4H/q;;;+2;+3;+2;;;;7*-1. The third-order valence-electron chi connectivity index (χ3n) is 0. The Kier molecular flexibility index (Phi) is 176. The van der Waals surface area contributed by atoms with E-state index in [0.29, 0.717) is 0 Å². The van der Waals surface area contributed by atoms with Crippen molar-refractivity contribution in [2.75, 3.05) is 0 Å². The molecule has 60 valence electrons. The van der Waals surface area contributed by atoms with E-state index in [1.807, 2.05) is 0 Å². The topological polar surface area (TPSA) is 120 Å². The molecule has 0 saturated carbocycles. The van der Waals surface area contributed by atoms with E-state index in [2.05, 4.69) is 0 Å². The van der Waals surface area contributed by atoms with Crippen molar-refractivity contribution in [3.05, 3.63) is 0 Å². The predicted molar refractivity (Wildman–Crippen MR) is 35.3 cm³/mol. The van der Waals surface area contributed by atoms with Crippen molar-refractivity contribution < 1.29 is 79.0 Å². The molecule has 0 aliphatic rings. The molecular formula is H4Al3BaEuMgO6. The van der Waals surface area contributed by atoms with Gasteiger partial charge in [-0.3, -0.25) is 0 Å². The molecule has 0 heterocycles. The monoisotopic (exact) mass is 496 g/mol. The molecule has 0 spiro atoms. The summed E-state index contributed by atoms with van der Waals surface area (Å²) >= 11 is -5.25. The van der Waals surface area contributed by atoms with Crippen LogP contribution in [0.5, 0.6) is 0 Å². The molecule has 0 aromatic heterocycles. The minimum atomic E-state index is -1.75. The fraction of sp³-hybridized carbons (Fsp3) is 0. The molecule has 0 atom stereocenters. The van der Waals surface area contributed by atoms with Crippen molar-refractivity contribution in [1.82, 2.24) is 0 Å². The van der Waals surface area contributed by atoms with Gasteiger partial charge in [0.2, 0.25) is 0 Å². The van der Waals surface area contributed by atoms with Gasteiger partial charge in [-0.2, -0.15) is 0 Å². The van der Waals surface area contributed by atoms with Gasteiger partial charge in [0.1, 0.15) is 0 Å². The number of hydrogen-bond acceptors (Lipinski definition) is 6. The Bertz CT molecular complexity index is 72.5. The van der Waals surface area contributed by atoms with Gasteiger partial charge in [-0.25, -0.2) is 0 Å². The van der Waals surface area contributed by atoms with E-state index in [-0.39, 0.29) is 127 Å². The molecule has 0 aromatic rings. The molecule has 12 heavy (non-hydrogen) atoms. The molecule has 0 aliphatic carbocycles. The summed E-state index contributed by atoms with van der Waals surface area (Å²) in [6.45, 7) is 0. The Morgan fingerprint density at radius 2 is 0.833 bits per heavy atom. The molecule has 0 saturated heterocycles. The molecule has 0 aliphatic heterocycles. The van der Waals surface area contributed by atoms with Crippen LogP contribution in [0.4, 0.5) is 0 Å². The van der Waals surface area contributed by atoms with E-state index in [1.165, 1.54) is 0 Å². The van der Waals surface area contributed by atoms with Gasteiger partial charge < -0.3 is 5.71 Å². The van der Waals surface area contributed by atoms with E-state index < -0.39 is 46.5 Å². The Labute approximate surface area is 192 Å². The first-order chi connectivity index (χ1) is 4.24. The normalized spacial score (nSPS) is 2.00. The van der Waals surface area contributed by atoms with Crippen molar-refractivity contribution in [2.45, 2.75) is 0 Å². The quantitative estimate of drug-likeness (QED) is 0.310. The average molecular weight is 495 g/mol. The van der Waals surface area contributed by atoms with Crippen LogP contribution in [-0.4, -0.2) is 118 Å². The average Bonchev–Trinajstić information content (AvgIpc) is 1.70. The molecule has 6 nitrogen and oxygen atoms in total. The van der Waals surface area contributed by atoms with Crippen LogP contribution in [0.1, 0.15) is 5.71 Å². The first-order valence-electron chi connectivity index (χ1n) is 1.41. The van der Waals surface area contributed by atoms with Gasteiger partial charge in [-0.1, -0.05) is 0 Å². The van der Waals surface area contributed by atoms with Crippen LogP contribution in [0.25, 0.3) is 0 Å². The van der Waals surface area contributed by atoms with Crippen molar-refractivity contribution in [3.8, 4) is 0 Å². The van der Waals surface area contributed by atoms with Crippen molar-refractivity contribution in [1.29, 1.82) is 0 Å². The summed E-state index contributed by atoms with van der Waals surface area (Å²) in [4.78, 5) is 0. The summed E-state index contributed by atoms with van der Waals surface area (Å²) in [6.07, 6.45) is 0. The van der Waals surface area contributed by atoms with Crippen LogP contribution in [0.3, 0.4) is 0 Å². The third-order valence-corrected chi connectivity index (χ3v) is 0.